The zero-order valence-electron chi connectivity index (χ0n) is 10.7. The molecule has 2 atom stereocenters. The summed E-state index contributed by atoms with van der Waals surface area (Å²) < 4.78 is 2.01. The second kappa shape index (κ2) is 5.31. The van der Waals surface area contributed by atoms with Gasteiger partial charge >= 0.3 is 5.97 Å². The molecule has 3 N–H and O–H groups in total. The molecule has 0 aliphatic heterocycles. The molecule has 0 aliphatic rings. The molecule has 1 aromatic heterocycles. The Hall–Kier alpha value is -1.36. The predicted molar refractivity (Wildman–Crippen MR) is 65.8 cm³/mol. The number of aliphatic carboxylic acids is 1. The van der Waals surface area contributed by atoms with Gasteiger partial charge in [0.2, 0.25) is 0 Å². The fourth-order valence-corrected chi connectivity index (χ4v) is 1.96. The molecule has 1 aromatic rings. The SMILES string of the molecule is CCCc1nccn1C(C)CC(C)(N)C(=O)O. The Kier molecular flexibility index (Phi) is 4.28. The second-order valence-corrected chi connectivity index (χ2v) is 4.78. The van der Waals surface area contributed by atoms with Crippen LogP contribution in [0.15, 0.2) is 12.4 Å². The van der Waals surface area contributed by atoms with Crippen molar-refractivity contribution in [3.63, 3.8) is 0 Å². The topological polar surface area (TPSA) is 81.1 Å². The normalized spacial score (nSPS) is 16.5. The number of aromatic nitrogens is 2. The molecule has 0 amide bonds. The number of aryl methyl sites for hydroxylation is 1. The van der Waals surface area contributed by atoms with Crippen LogP contribution in [0.2, 0.25) is 0 Å². The molecule has 0 saturated heterocycles. The van der Waals surface area contributed by atoms with E-state index >= 15 is 0 Å². The first-order valence-electron chi connectivity index (χ1n) is 5.92. The standard InChI is InChI=1S/C12H21N3O2/c1-4-5-10-14-6-7-15(10)9(2)8-12(3,13)11(16)17/h6-7,9H,4-5,8,13H2,1-3H3,(H,16,17). The van der Waals surface area contributed by atoms with Gasteiger partial charge in [0.15, 0.2) is 0 Å². The van der Waals surface area contributed by atoms with E-state index in [-0.39, 0.29) is 6.04 Å². The van der Waals surface area contributed by atoms with Gasteiger partial charge in [-0.05, 0) is 26.7 Å². The number of hydrogen-bond donors (Lipinski definition) is 2. The van der Waals surface area contributed by atoms with Gasteiger partial charge in [-0.2, -0.15) is 0 Å². The maximum absolute atomic E-state index is 11.0. The van der Waals surface area contributed by atoms with Crippen molar-refractivity contribution in [2.75, 3.05) is 0 Å². The summed E-state index contributed by atoms with van der Waals surface area (Å²) in [6, 6.07) is 0.0325. The number of carbonyl (C=O) groups is 1. The van der Waals surface area contributed by atoms with Crippen LogP contribution >= 0.6 is 0 Å². The van der Waals surface area contributed by atoms with Crippen molar-refractivity contribution < 1.29 is 9.90 Å². The van der Waals surface area contributed by atoms with Crippen LogP contribution in [0.25, 0.3) is 0 Å². The van der Waals surface area contributed by atoms with Gasteiger partial charge in [-0.3, -0.25) is 4.79 Å². The van der Waals surface area contributed by atoms with Gasteiger partial charge in [-0.25, -0.2) is 4.98 Å². The number of imidazole rings is 1. The van der Waals surface area contributed by atoms with Crippen LogP contribution < -0.4 is 5.73 Å². The lowest BCUT2D eigenvalue weighted by Crippen LogP contribution is -2.46. The maximum Gasteiger partial charge on any atom is 0.323 e. The molecule has 0 fully saturated rings. The first kappa shape index (κ1) is 13.7. The third kappa shape index (κ3) is 3.30. The molecule has 1 heterocycles. The fourth-order valence-electron chi connectivity index (χ4n) is 1.96. The van der Waals surface area contributed by atoms with Crippen LogP contribution in [0.4, 0.5) is 0 Å². The summed E-state index contributed by atoms with van der Waals surface area (Å²) >= 11 is 0. The average Bonchev–Trinajstić information content (AvgIpc) is 2.65. The number of carboxylic acids is 1. The van der Waals surface area contributed by atoms with E-state index in [1.165, 1.54) is 0 Å². The second-order valence-electron chi connectivity index (χ2n) is 4.78. The predicted octanol–water partition coefficient (Wildman–Crippen LogP) is 1.59. The van der Waals surface area contributed by atoms with Gasteiger partial charge in [-0.1, -0.05) is 6.92 Å². The van der Waals surface area contributed by atoms with Crippen LogP contribution in [-0.2, 0) is 11.2 Å². The number of nitrogens with zero attached hydrogens (tertiary/aromatic N) is 2. The van der Waals surface area contributed by atoms with Gasteiger partial charge in [0.1, 0.15) is 11.4 Å². The molecule has 17 heavy (non-hydrogen) atoms. The first-order chi connectivity index (χ1) is 7.88. The Morgan fingerprint density at radius 1 is 1.71 bits per heavy atom. The molecule has 5 nitrogen and oxygen atoms in total. The maximum atomic E-state index is 11.0. The van der Waals surface area contributed by atoms with E-state index in [4.69, 9.17) is 10.8 Å². The van der Waals surface area contributed by atoms with Gasteiger partial charge in [0.25, 0.3) is 0 Å². The van der Waals surface area contributed by atoms with E-state index < -0.39 is 11.5 Å². The average molecular weight is 239 g/mol. The highest BCUT2D eigenvalue weighted by molar-refractivity contribution is 5.77. The van der Waals surface area contributed by atoms with Crippen molar-refractivity contribution in [3.8, 4) is 0 Å². The molecule has 0 radical (unpaired) electrons. The molecule has 0 spiro atoms. The highest BCUT2D eigenvalue weighted by atomic mass is 16.4. The molecule has 1 rings (SSSR count). The van der Waals surface area contributed by atoms with Crippen molar-refractivity contribution >= 4 is 5.97 Å². The molecule has 0 aliphatic carbocycles. The Morgan fingerprint density at radius 3 is 2.88 bits per heavy atom. The molecule has 0 aromatic carbocycles. The van der Waals surface area contributed by atoms with E-state index in [0.29, 0.717) is 6.42 Å². The highest BCUT2D eigenvalue weighted by Crippen LogP contribution is 2.21. The van der Waals surface area contributed by atoms with E-state index in [0.717, 1.165) is 18.7 Å². The minimum Gasteiger partial charge on any atom is -0.480 e. The lowest BCUT2D eigenvalue weighted by molar-refractivity contribution is -0.143. The minimum atomic E-state index is -1.20. The summed E-state index contributed by atoms with van der Waals surface area (Å²) in [7, 11) is 0. The molecular weight excluding hydrogens is 218 g/mol. The largest absolute Gasteiger partial charge is 0.480 e. The zero-order chi connectivity index (χ0) is 13.1. The van der Waals surface area contributed by atoms with Gasteiger partial charge in [0, 0.05) is 24.9 Å². The molecule has 2 unspecified atom stereocenters. The summed E-state index contributed by atoms with van der Waals surface area (Å²) in [4.78, 5) is 15.3. The Morgan fingerprint density at radius 2 is 2.35 bits per heavy atom. The van der Waals surface area contributed by atoms with Crippen LogP contribution in [0.5, 0.6) is 0 Å². The third-order valence-electron chi connectivity index (χ3n) is 2.91. The number of carboxylic acid groups (broad SMARTS) is 1. The van der Waals surface area contributed by atoms with Crippen molar-refractivity contribution in [2.24, 2.45) is 5.73 Å². The summed E-state index contributed by atoms with van der Waals surface area (Å²) in [5, 5.41) is 9.01. The van der Waals surface area contributed by atoms with Crippen LogP contribution in [0.1, 0.15) is 45.5 Å². The summed E-state index contributed by atoms with van der Waals surface area (Å²) in [6.45, 7) is 5.60. The van der Waals surface area contributed by atoms with Crippen LogP contribution in [0, 0.1) is 0 Å². The highest BCUT2D eigenvalue weighted by Gasteiger charge is 2.30. The molecule has 0 saturated carbocycles. The number of rotatable bonds is 6. The lowest BCUT2D eigenvalue weighted by atomic mass is 9.95. The van der Waals surface area contributed by atoms with E-state index in [9.17, 15) is 4.79 Å². The third-order valence-corrected chi connectivity index (χ3v) is 2.91. The van der Waals surface area contributed by atoms with Crippen molar-refractivity contribution in [2.45, 2.75) is 51.6 Å². The fraction of sp³-hybridized carbons (Fsp3) is 0.667. The number of nitrogens with two attached hydrogens (primary N) is 1. The monoisotopic (exact) mass is 239 g/mol. The number of hydrogen-bond acceptors (Lipinski definition) is 3. The zero-order valence-corrected chi connectivity index (χ0v) is 10.7. The Bertz CT molecular complexity index is 385. The first-order valence-corrected chi connectivity index (χ1v) is 5.92. The van der Waals surface area contributed by atoms with Crippen LogP contribution in [-0.4, -0.2) is 26.2 Å². The van der Waals surface area contributed by atoms with Gasteiger partial charge < -0.3 is 15.4 Å². The quantitative estimate of drug-likeness (QED) is 0.789. The van der Waals surface area contributed by atoms with Crippen LogP contribution in [0.3, 0.4) is 0 Å². The van der Waals surface area contributed by atoms with Crippen molar-refractivity contribution in [1.82, 2.24) is 9.55 Å². The molecule has 96 valence electrons. The molecular formula is C12H21N3O2. The Balaban J connectivity index is 2.79. The van der Waals surface area contributed by atoms with E-state index in [1.54, 1.807) is 13.1 Å². The minimum absolute atomic E-state index is 0.0325. The summed E-state index contributed by atoms with van der Waals surface area (Å²) in [5.41, 5.74) is 4.56. The summed E-state index contributed by atoms with van der Waals surface area (Å²) in [6.07, 6.45) is 5.92. The van der Waals surface area contributed by atoms with Gasteiger partial charge in [-0.15, -0.1) is 0 Å². The molecule has 5 heteroatoms. The smallest absolute Gasteiger partial charge is 0.323 e. The van der Waals surface area contributed by atoms with Crippen molar-refractivity contribution in [1.29, 1.82) is 0 Å². The van der Waals surface area contributed by atoms with E-state index in [2.05, 4.69) is 11.9 Å². The van der Waals surface area contributed by atoms with Gasteiger partial charge in [0.05, 0.1) is 0 Å². The lowest BCUT2D eigenvalue weighted by Gasteiger charge is -2.25. The van der Waals surface area contributed by atoms with Crippen molar-refractivity contribution in [3.05, 3.63) is 18.2 Å². The molecule has 0 bridgehead atoms. The summed E-state index contributed by atoms with van der Waals surface area (Å²) in [5.74, 6) is 0.0164. The van der Waals surface area contributed by atoms with E-state index in [1.807, 2.05) is 17.7 Å². The Labute approximate surface area is 102 Å².